The molecule has 0 aliphatic carbocycles. The molecule has 0 spiro atoms. The van der Waals surface area contributed by atoms with Gasteiger partial charge in [0.25, 0.3) is 5.91 Å². The van der Waals surface area contributed by atoms with Gasteiger partial charge < -0.3 is 15.0 Å². The van der Waals surface area contributed by atoms with Crippen LogP contribution in [-0.2, 0) is 22.6 Å². The van der Waals surface area contributed by atoms with Crippen LogP contribution in [0.5, 0.6) is 5.75 Å². The van der Waals surface area contributed by atoms with Crippen LogP contribution in [0.15, 0.2) is 72.8 Å². The van der Waals surface area contributed by atoms with Gasteiger partial charge in [-0.2, -0.15) is 0 Å². The number of ether oxygens (including phenoxy) is 1. The number of rotatable bonds is 10. The van der Waals surface area contributed by atoms with E-state index in [1.807, 2.05) is 76.2 Å². The maximum Gasteiger partial charge on any atom is 0.261 e. The molecule has 0 saturated carbocycles. The van der Waals surface area contributed by atoms with Crippen molar-refractivity contribution in [3.63, 3.8) is 0 Å². The summed E-state index contributed by atoms with van der Waals surface area (Å²) in [4.78, 5) is 28.3. The molecule has 3 aromatic carbocycles. The van der Waals surface area contributed by atoms with Crippen molar-refractivity contribution in [3.05, 3.63) is 101 Å². The van der Waals surface area contributed by atoms with Gasteiger partial charge in [-0.3, -0.25) is 9.59 Å². The summed E-state index contributed by atoms with van der Waals surface area (Å²) in [5, 5.41) is 2.92. The van der Waals surface area contributed by atoms with Crippen molar-refractivity contribution < 1.29 is 18.7 Å². The molecule has 0 heterocycles. The van der Waals surface area contributed by atoms with Crippen molar-refractivity contribution in [2.45, 2.75) is 52.7 Å². The number of aryl methyl sites for hydroxylation is 2. The fraction of sp³-hybridized carbons (Fsp3) is 0.310. The van der Waals surface area contributed by atoms with E-state index in [4.69, 9.17) is 4.74 Å². The van der Waals surface area contributed by atoms with Crippen LogP contribution in [0.2, 0.25) is 0 Å². The Morgan fingerprint density at radius 1 is 0.971 bits per heavy atom. The van der Waals surface area contributed by atoms with Crippen molar-refractivity contribution >= 4 is 11.8 Å². The fourth-order valence-corrected chi connectivity index (χ4v) is 3.93. The number of carbonyl (C=O) groups is 2. The molecule has 0 saturated heterocycles. The Kier molecular flexibility index (Phi) is 9.01. The van der Waals surface area contributed by atoms with Gasteiger partial charge in [-0.15, -0.1) is 0 Å². The molecule has 3 rings (SSSR count). The summed E-state index contributed by atoms with van der Waals surface area (Å²) >= 11 is 0. The van der Waals surface area contributed by atoms with Crippen LogP contribution in [0.25, 0.3) is 0 Å². The van der Waals surface area contributed by atoms with E-state index in [0.29, 0.717) is 17.7 Å². The molecule has 0 radical (unpaired) electrons. The molecule has 5 nitrogen and oxygen atoms in total. The Hall–Kier alpha value is -3.67. The molecule has 0 aromatic heterocycles. The third-order valence-corrected chi connectivity index (χ3v) is 5.68. The molecule has 184 valence electrons. The smallest absolute Gasteiger partial charge is 0.261 e. The monoisotopic (exact) mass is 476 g/mol. The normalized spacial score (nSPS) is 11.7. The van der Waals surface area contributed by atoms with Gasteiger partial charge in [0.15, 0.2) is 6.61 Å². The van der Waals surface area contributed by atoms with E-state index in [0.717, 1.165) is 16.7 Å². The van der Waals surface area contributed by atoms with E-state index in [-0.39, 0.29) is 25.1 Å². The number of nitrogens with zero attached hydrogens (tertiary/aromatic N) is 1. The van der Waals surface area contributed by atoms with Gasteiger partial charge >= 0.3 is 0 Å². The first-order valence-electron chi connectivity index (χ1n) is 11.8. The fourth-order valence-electron chi connectivity index (χ4n) is 3.93. The van der Waals surface area contributed by atoms with Crippen molar-refractivity contribution in [1.29, 1.82) is 0 Å². The Morgan fingerprint density at radius 2 is 1.66 bits per heavy atom. The predicted molar refractivity (Wildman–Crippen MR) is 136 cm³/mol. The summed E-state index contributed by atoms with van der Waals surface area (Å²) in [5.41, 5.74) is 3.24. The summed E-state index contributed by atoms with van der Waals surface area (Å²) in [6, 6.07) is 20.5. The molecule has 0 aliphatic rings. The molecular weight excluding hydrogens is 443 g/mol. The van der Waals surface area contributed by atoms with Gasteiger partial charge in [0.05, 0.1) is 0 Å². The number of hydrogen-bond acceptors (Lipinski definition) is 3. The van der Waals surface area contributed by atoms with Crippen LogP contribution < -0.4 is 10.1 Å². The molecule has 0 fully saturated rings. The van der Waals surface area contributed by atoms with Gasteiger partial charge in [-0.05, 0) is 51.0 Å². The highest BCUT2D eigenvalue weighted by molar-refractivity contribution is 5.88. The molecule has 6 heteroatoms. The standard InChI is InChI=1S/C29H33FN2O3/c1-20(2)31-29(34)26(17-23-10-6-5-7-11-23)32(18-24-12-8-9-13-25(24)30)28(33)19-35-27-15-14-21(3)16-22(27)4/h5-16,20,26H,17-19H2,1-4H3,(H,31,34). The molecule has 3 aromatic rings. The van der Waals surface area contributed by atoms with E-state index in [9.17, 15) is 14.0 Å². The highest BCUT2D eigenvalue weighted by atomic mass is 19.1. The third-order valence-electron chi connectivity index (χ3n) is 5.68. The SMILES string of the molecule is Cc1ccc(OCC(=O)N(Cc2ccccc2F)C(Cc2ccccc2)C(=O)NC(C)C)c(C)c1. The Bertz CT molecular complexity index is 1150. The second-order valence-corrected chi connectivity index (χ2v) is 9.04. The minimum atomic E-state index is -0.838. The Balaban J connectivity index is 1.93. The number of nitrogens with one attached hydrogen (secondary N) is 1. The topological polar surface area (TPSA) is 58.6 Å². The number of carbonyl (C=O) groups excluding carboxylic acids is 2. The zero-order valence-electron chi connectivity index (χ0n) is 20.8. The molecule has 1 unspecified atom stereocenters. The van der Waals surface area contributed by atoms with Crippen LogP contribution in [0, 0.1) is 19.7 Å². The molecule has 1 N–H and O–H groups in total. The predicted octanol–water partition coefficient (Wildman–Crippen LogP) is 4.99. The maximum absolute atomic E-state index is 14.6. The Labute approximate surface area is 206 Å². The van der Waals surface area contributed by atoms with E-state index in [1.54, 1.807) is 18.2 Å². The van der Waals surface area contributed by atoms with E-state index < -0.39 is 17.8 Å². The summed E-state index contributed by atoms with van der Waals surface area (Å²) in [7, 11) is 0. The van der Waals surface area contributed by atoms with Gasteiger partial charge in [0, 0.05) is 24.6 Å². The average molecular weight is 477 g/mol. The zero-order valence-corrected chi connectivity index (χ0v) is 20.8. The average Bonchev–Trinajstić information content (AvgIpc) is 2.82. The molecule has 35 heavy (non-hydrogen) atoms. The van der Waals surface area contributed by atoms with Crippen molar-refractivity contribution in [2.24, 2.45) is 0 Å². The number of halogens is 1. The first kappa shape index (κ1) is 25.9. The van der Waals surface area contributed by atoms with Gasteiger partial charge in [0.2, 0.25) is 5.91 Å². The molecule has 1 atom stereocenters. The number of amides is 2. The number of hydrogen-bond donors (Lipinski definition) is 1. The van der Waals surface area contributed by atoms with E-state index in [2.05, 4.69) is 5.32 Å². The van der Waals surface area contributed by atoms with Gasteiger partial charge in [0.1, 0.15) is 17.6 Å². The van der Waals surface area contributed by atoms with E-state index >= 15 is 0 Å². The zero-order chi connectivity index (χ0) is 25.4. The maximum atomic E-state index is 14.6. The molecule has 2 amide bonds. The highest BCUT2D eigenvalue weighted by Gasteiger charge is 2.31. The van der Waals surface area contributed by atoms with Crippen LogP contribution in [0.3, 0.4) is 0 Å². The first-order chi connectivity index (χ1) is 16.7. The van der Waals surface area contributed by atoms with Gasteiger partial charge in [-0.25, -0.2) is 4.39 Å². The van der Waals surface area contributed by atoms with Crippen LogP contribution in [0.1, 0.15) is 36.1 Å². The van der Waals surface area contributed by atoms with Crippen molar-refractivity contribution in [3.8, 4) is 5.75 Å². The third kappa shape index (κ3) is 7.41. The lowest BCUT2D eigenvalue weighted by Gasteiger charge is -2.32. The summed E-state index contributed by atoms with van der Waals surface area (Å²) < 4.78 is 20.4. The van der Waals surface area contributed by atoms with E-state index in [1.165, 1.54) is 11.0 Å². The van der Waals surface area contributed by atoms with Crippen molar-refractivity contribution in [2.75, 3.05) is 6.61 Å². The second kappa shape index (κ2) is 12.2. The molecule has 0 bridgehead atoms. The summed E-state index contributed by atoms with van der Waals surface area (Å²) in [6.45, 7) is 7.31. The first-order valence-corrected chi connectivity index (χ1v) is 11.8. The second-order valence-electron chi connectivity index (χ2n) is 9.04. The minimum Gasteiger partial charge on any atom is -0.483 e. The molecular formula is C29H33FN2O3. The van der Waals surface area contributed by atoms with Crippen molar-refractivity contribution in [1.82, 2.24) is 10.2 Å². The summed E-state index contributed by atoms with van der Waals surface area (Å²) in [6.07, 6.45) is 0.295. The minimum absolute atomic E-state index is 0.0508. The van der Waals surface area contributed by atoms with Crippen LogP contribution in [-0.4, -0.2) is 35.4 Å². The highest BCUT2D eigenvalue weighted by Crippen LogP contribution is 2.20. The van der Waals surface area contributed by atoms with Crippen LogP contribution in [0.4, 0.5) is 4.39 Å². The van der Waals surface area contributed by atoms with Gasteiger partial charge in [-0.1, -0.05) is 66.2 Å². The quantitative estimate of drug-likeness (QED) is 0.449. The lowest BCUT2D eigenvalue weighted by atomic mass is 10.0. The lowest BCUT2D eigenvalue weighted by molar-refractivity contribution is -0.143. The largest absolute Gasteiger partial charge is 0.483 e. The molecule has 0 aliphatic heterocycles. The number of benzene rings is 3. The lowest BCUT2D eigenvalue weighted by Crippen LogP contribution is -2.53. The summed E-state index contributed by atoms with van der Waals surface area (Å²) in [5.74, 6) is -0.516. The van der Waals surface area contributed by atoms with Crippen LogP contribution >= 0.6 is 0 Å². The Morgan fingerprint density at radius 3 is 2.31 bits per heavy atom.